The van der Waals surface area contributed by atoms with E-state index >= 15 is 0 Å². The van der Waals surface area contributed by atoms with Gasteiger partial charge in [-0.2, -0.15) is 0 Å². The van der Waals surface area contributed by atoms with E-state index in [2.05, 4.69) is 0 Å². The van der Waals surface area contributed by atoms with E-state index in [1.807, 2.05) is 24.3 Å². The lowest BCUT2D eigenvalue weighted by Gasteiger charge is -2.08. The van der Waals surface area contributed by atoms with Gasteiger partial charge in [-0.1, -0.05) is 12.1 Å². The Bertz CT molecular complexity index is 540. The summed E-state index contributed by atoms with van der Waals surface area (Å²) in [6.07, 6.45) is 0.812. The maximum absolute atomic E-state index is 13.4. The molecule has 2 nitrogen and oxygen atoms in total. The lowest BCUT2D eigenvalue weighted by molar-refractivity contribution is 0.299. The lowest BCUT2D eigenvalue weighted by atomic mass is 10.1. The van der Waals surface area contributed by atoms with Crippen molar-refractivity contribution in [1.82, 2.24) is 0 Å². The number of rotatable bonds is 5. The fraction of sp³-hybridized carbons (Fsp3) is 0.200. The molecule has 0 heterocycles. The van der Waals surface area contributed by atoms with E-state index < -0.39 is 11.6 Å². The smallest absolute Gasteiger partial charge is 0.132 e. The van der Waals surface area contributed by atoms with Gasteiger partial charge in [0.15, 0.2) is 0 Å². The maximum Gasteiger partial charge on any atom is 0.132 e. The van der Waals surface area contributed by atoms with Crippen molar-refractivity contribution in [2.75, 3.05) is 6.54 Å². The molecular formula is C15H15F2NO. The normalized spacial score (nSPS) is 10.5. The van der Waals surface area contributed by atoms with Gasteiger partial charge < -0.3 is 10.5 Å². The summed E-state index contributed by atoms with van der Waals surface area (Å²) in [7, 11) is 0. The van der Waals surface area contributed by atoms with Crippen LogP contribution in [0.3, 0.4) is 0 Å². The van der Waals surface area contributed by atoms with Crippen molar-refractivity contribution in [2.45, 2.75) is 13.0 Å². The minimum absolute atomic E-state index is 0.0718. The fourth-order valence-corrected chi connectivity index (χ4v) is 1.72. The van der Waals surface area contributed by atoms with Gasteiger partial charge in [0.2, 0.25) is 0 Å². The summed E-state index contributed by atoms with van der Waals surface area (Å²) in [5.41, 5.74) is 6.91. The van der Waals surface area contributed by atoms with Crippen molar-refractivity contribution in [2.24, 2.45) is 5.73 Å². The number of ether oxygens (including phenoxy) is 1. The predicted molar refractivity (Wildman–Crippen MR) is 69.9 cm³/mol. The average Bonchev–Trinajstić information content (AvgIpc) is 2.40. The second kappa shape index (κ2) is 6.29. The molecule has 0 radical (unpaired) electrons. The molecule has 0 amide bonds. The Morgan fingerprint density at radius 1 is 1.00 bits per heavy atom. The molecule has 2 N–H and O–H groups in total. The molecule has 0 bridgehead atoms. The summed E-state index contributed by atoms with van der Waals surface area (Å²) < 4.78 is 31.6. The predicted octanol–water partition coefficient (Wildman–Crippen LogP) is 3.05. The van der Waals surface area contributed by atoms with Crippen molar-refractivity contribution in [3.05, 3.63) is 65.2 Å². The van der Waals surface area contributed by atoms with E-state index in [9.17, 15) is 8.78 Å². The number of benzene rings is 2. The minimum atomic E-state index is -0.597. The first kappa shape index (κ1) is 13.5. The summed E-state index contributed by atoms with van der Waals surface area (Å²) in [6, 6.07) is 10.9. The molecule has 0 aromatic heterocycles. The van der Waals surface area contributed by atoms with Crippen LogP contribution in [-0.2, 0) is 13.0 Å². The molecule has 0 saturated carbocycles. The molecule has 0 aliphatic heterocycles. The molecular weight excluding hydrogens is 248 g/mol. The molecule has 0 atom stereocenters. The van der Waals surface area contributed by atoms with Crippen molar-refractivity contribution in [3.63, 3.8) is 0 Å². The lowest BCUT2D eigenvalue weighted by Crippen LogP contribution is -2.02. The highest BCUT2D eigenvalue weighted by Gasteiger charge is 2.04. The second-order valence-electron chi connectivity index (χ2n) is 4.21. The summed E-state index contributed by atoms with van der Waals surface area (Å²) in [6.45, 7) is 0.670. The third kappa shape index (κ3) is 3.76. The zero-order valence-electron chi connectivity index (χ0n) is 10.4. The summed E-state index contributed by atoms with van der Waals surface area (Å²) in [5.74, 6) is -0.545. The van der Waals surface area contributed by atoms with E-state index in [4.69, 9.17) is 10.5 Å². The van der Waals surface area contributed by atoms with Crippen LogP contribution in [0.5, 0.6) is 5.75 Å². The summed E-state index contributed by atoms with van der Waals surface area (Å²) in [4.78, 5) is 0. The van der Waals surface area contributed by atoms with Crippen LogP contribution >= 0.6 is 0 Å². The quantitative estimate of drug-likeness (QED) is 0.899. The monoisotopic (exact) mass is 263 g/mol. The van der Waals surface area contributed by atoms with Gasteiger partial charge in [-0.25, -0.2) is 8.78 Å². The van der Waals surface area contributed by atoms with Gasteiger partial charge in [0, 0.05) is 11.6 Å². The highest BCUT2D eigenvalue weighted by atomic mass is 19.1. The fourth-order valence-electron chi connectivity index (χ4n) is 1.72. The molecule has 100 valence electrons. The molecule has 2 rings (SSSR count). The van der Waals surface area contributed by atoms with Gasteiger partial charge in [-0.15, -0.1) is 0 Å². The molecule has 0 fully saturated rings. The van der Waals surface area contributed by atoms with Crippen LogP contribution < -0.4 is 10.5 Å². The van der Waals surface area contributed by atoms with Gasteiger partial charge in [0.1, 0.15) is 24.0 Å². The Kier molecular flexibility index (Phi) is 4.47. The van der Waals surface area contributed by atoms with Crippen LogP contribution in [0.2, 0.25) is 0 Å². The SMILES string of the molecule is NCCc1ccc(OCc2ccc(F)cc2F)cc1. The Morgan fingerprint density at radius 3 is 2.37 bits per heavy atom. The van der Waals surface area contributed by atoms with E-state index in [0.29, 0.717) is 17.9 Å². The zero-order chi connectivity index (χ0) is 13.7. The zero-order valence-corrected chi connectivity index (χ0v) is 10.4. The van der Waals surface area contributed by atoms with E-state index in [-0.39, 0.29) is 6.61 Å². The molecule has 0 unspecified atom stereocenters. The highest BCUT2D eigenvalue weighted by molar-refractivity contribution is 5.28. The summed E-state index contributed by atoms with van der Waals surface area (Å²) in [5, 5.41) is 0. The van der Waals surface area contributed by atoms with Gasteiger partial charge >= 0.3 is 0 Å². The first-order chi connectivity index (χ1) is 9.19. The number of halogens is 2. The number of hydrogen-bond donors (Lipinski definition) is 1. The van der Waals surface area contributed by atoms with Crippen LogP contribution in [0, 0.1) is 11.6 Å². The molecule has 0 spiro atoms. The largest absolute Gasteiger partial charge is 0.489 e. The Morgan fingerprint density at radius 2 is 1.74 bits per heavy atom. The van der Waals surface area contributed by atoms with Crippen molar-refractivity contribution >= 4 is 0 Å². The third-order valence-corrected chi connectivity index (χ3v) is 2.77. The summed E-state index contributed by atoms with van der Waals surface area (Å²) >= 11 is 0. The number of hydrogen-bond acceptors (Lipinski definition) is 2. The first-order valence-electron chi connectivity index (χ1n) is 6.05. The molecule has 2 aromatic carbocycles. The second-order valence-corrected chi connectivity index (χ2v) is 4.21. The van der Waals surface area contributed by atoms with Gasteiger partial charge in [0.25, 0.3) is 0 Å². The molecule has 19 heavy (non-hydrogen) atoms. The Hall–Kier alpha value is -1.94. The Balaban J connectivity index is 1.98. The van der Waals surface area contributed by atoms with E-state index in [0.717, 1.165) is 18.1 Å². The van der Waals surface area contributed by atoms with Crippen molar-refractivity contribution < 1.29 is 13.5 Å². The van der Waals surface area contributed by atoms with Crippen LogP contribution in [0.4, 0.5) is 8.78 Å². The topological polar surface area (TPSA) is 35.2 Å². The molecule has 0 aliphatic rings. The third-order valence-electron chi connectivity index (χ3n) is 2.77. The van der Waals surface area contributed by atoms with E-state index in [1.165, 1.54) is 12.1 Å². The first-order valence-corrected chi connectivity index (χ1v) is 6.05. The van der Waals surface area contributed by atoms with E-state index in [1.54, 1.807) is 0 Å². The van der Waals surface area contributed by atoms with Crippen molar-refractivity contribution in [3.8, 4) is 5.75 Å². The molecule has 0 saturated heterocycles. The molecule has 2 aromatic rings. The molecule has 4 heteroatoms. The highest BCUT2D eigenvalue weighted by Crippen LogP contribution is 2.16. The van der Waals surface area contributed by atoms with Crippen LogP contribution in [0.15, 0.2) is 42.5 Å². The minimum Gasteiger partial charge on any atom is -0.489 e. The van der Waals surface area contributed by atoms with Crippen LogP contribution in [0.25, 0.3) is 0 Å². The maximum atomic E-state index is 13.4. The van der Waals surface area contributed by atoms with Crippen molar-refractivity contribution in [1.29, 1.82) is 0 Å². The van der Waals surface area contributed by atoms with Crippen LogP contribution in [0.1, 0.15) is 11.1 Å². The van der Waals surface area contributed by atoms with Crippen LogP contribution in [-0.4, -0.2) is 6.54 Å². The average molecular weight is 263 g/mol. The molecule has 0 aliphatic carbocycles. The van der Waals surface area contributed by atoms with Gasteiger partial charge in [-0.05, 0) is 42.8 Å². The Labute approximate surface area is 110 Å². The number of nitrogens with two attached hydrogens (primary N) is 1. The standard InChI is InChI=1S/C15H15F2NO/c16-13-4-3-12(15(17)9-13)10-19-14-5-1-11(2-6-14)7-8-18/h1-6,9H,7-8,10,18H2. The van der Waals surface area contributed by atoms with Gasteiger partial charge in [0.05, 0.1) is 0 Å². The van der Waals surface area contributed by atoms with Gasteiger partial charge in [-0.3, -0.25) is 0 Å².